The van der Waals surface area contributed by atoms with Crippen molar-refractivity contribution in [3.63, 3.8) is 0 Å². The van der Waals surface area contributed by atoms with Gasteiger partial charge in [-0.3, -0.25) is 9.59 Å². The number of para-hydroxylation sites is 1. The zero-order valence-corrected chi connectivity index (χ0v) is 14.2. The zero-order valence-electron chi connectivity index (χ0n) is 14.2. The van der Waals surface area contributed by atoms with E-state index in [0.717, 1.165) is 6.42 Å². The minimum atomic E-state index is -1.07. The molecular weight excluding hydrogens is 312 g/mol. The molecule has 7 nitrogen and oxygen atoms in total. The number of carboxylic acids is 1. The molecule has 7 heteroatoms. The summed E-state index contributed by atoms with van der Waals surface area (Å²) in [5.41, 5.74) is 0.201. The number of unbranched alkanes of at least 4 members (excludes halogenated alkanes) is 1. The van der Waals surface area contributed by atoms with Gasteiger partial charge in [0.2, 0.25) is 0 Å². The Morgan fingerprint density at radius 1 is 1.25 bits per heavy atom. The average Bonchev–Trinajstić information content (AvgIpc) is 2.56. The number of rotatable bonds is 9. The summed E-state index contributed by atoms with van der Waals surface area (Å²) in [6, 6.07) is 5.48. The van der Waals surface area contributed by atoms with E-state index in [4.69, 9.17) is 4.74 Å². The van der Waals surface area contributed by atoms with E-state index in [9.17, 15) is 19.5 Å². The first-order chi connectivity index (χ1) is 11.4. The van der Waals surface area contributed by atoms with Crippen LogP contribution in [-0.4, -0.2) is 54.5 Å². The largest absolute Gasteiger partial charge is 0.483 e. The molecule has 1 atom stereocenters. The number of nitrogens with zero attached hydrogens (tertiary/aromatic N) is 1. The number of nitrogens with one attached hydrogen (secondary N) is 1. The van der Waals surface area contributed by atoms with Crippen LogP contribution in [0.25, 0.3) is 0 Å². The molecule has 2 amide bonds. The molecule has 0 aliphatic heterocycles. The van der Waals surface area contributed by atoms with Crippen molar-refractivity contribution >= 4 is 17.8 Å². The minimum Gasteiger partial charge on any atom is -0.483 e. The maximum absolute atomic E-state index is 12.4. The van der Waals surface area contributed by atoms with Gasteiger partial charge in [-0.25, -0.2) is 4.79 Å². The third-order valence-corrected chi connectivity index (χ3v) is 3.43. The van der Waals surface area contributed by atoms with Gasteiger partial charge in [0.15, 0.2) is 6.61 Å². The number of carboxylic acid groups (broad SMARTS) is 1. The van der Waals surface area contributed by atoms with Gasteiger partial charge in [-0.15, -0.1) is 0 Å². The topological polar surface area (TPSA) is 95.9 Å². The van der Waals surface area contributed by atoms with E-state index in [2.05, 4.69) is 5.32 Å². The molecule has 0 radical (unpaired) electrons. The predicted octanol–water partition coefficient (Wildman–Crippen LogP) is 1.53. The maximum Gasteiger partial charge on any atom is 0.326 e. The van der Waals surface area contributed by atoms with Gasteiger partial charge in [0.25, 0.3) is 11.8 Å². The quantitative estimate of drug-likeness (QED) is 0.713. The molecule has 1 rings (SSSR count). The zero-order chi connectivity index (χ0) is 18.1. The second-order valence-corrected chi connectivity index (χ2v) is 5.58. The molecule has 0 bridgehead atoms. The standard InChI is InChI=1S/C17H24N2O5/c1-4-5-9-13(17(22)23)18-16(21)12-8-6-7-10-14(12)24-11-15(20)19(2)3/h6-8,10,13H,4-5,9,11H2,1-3H3,(H,18,21)(H,22,23). The van der Waals surface area contributed by atoms with Crippen molar-refractivity contribution in [2.45, 2.75) is 32.2 Å². The maximum atomic E-state index is 12.4. The molecule has 0 saturated heterocycles. The van der Waals surface area contributed by atoms with Gasteiger partial charge in [-0.1, -0.05) is 31.9 Å². The fourth-order valence-electron chi connectivity index (χ4n) is 1.95. The third-order valence-electron chi connectivity index (χ3n) is 3.43. The minimum absolute atomic E-state index is 0.199. The highest BCUT2D eigenvalue weighted by atomic mass is 16.5. The van der Waals surface area contributed by atoms with Crippen LogP contribution in [0.3, 0.4) is 0 Å². The molecule has 0 spiro atoms. The van der Waals surface area contributed by atoms with Crippen LogP contribution in [0.2, 0.25) is 0 Å². The summed E-state index contributed by atoms with van der Waals surface area (Å²) in [5, 5.41) is 11.7. The lowest BCUT2D eigenvalue weighted by Crippen LogP contribution is -2.41. The molecular formula is C17H24N2O5. The lowest BCUT2D eigenvalue weighted by atomic mass is 10.1. The Morgan fingerprint density at radius 3 is 2.50 bits per heavy atom. The van der Waals surface area contributed by atoms with Crippen LogP contribution in [0.4, 0.5) is 0 Å². The summed E-state index contributed by atoms with van der Waals surface area (Å²) >= 11 is 0. The highest BCUT2D eigenvalue weighted by Gasteiger charge is 2.22. The summed E-state index contributed by atoms with van der Waals surface area (Å²) in [6.07, 6.45) is 1.90. The van der Waals surface area contributed by atoms with Crippen molar-refractivity contribution < 1.29 is 24.2 Å². The number of carbonyl (C=O) groups is 3. The Labute approximate surface area is 141 Å². The van der Waals surface area contributed by atoms with E-state index >= 15 is 0 Å². The Bertz CT molecular complexity index is 586. The SMILES string of the molecule is CCCCC(NC(=O)c1ccccc1OCC(=O)N(C)C)C(=O)O. The predicted molar refractivity (Wildman–Crippen MR) is 89.0 cm³/mol. The number of likely N-dealkylation sites (N-methyl/N-ethyl adjacent to an activating group) is 1. The van der Waals surface area contributed by atoms with Gasteiger partial charge in [-0.05, 0) is 18.6 Å². The van der Waals surface area contributed by atoms with Crippen LogP contribution in [0.1, 0.15) is 36.5 Å². The average molecular weight is 336 g/mol. The number of hydrogen-bond acceptors (Lipinski definition) is 4. The van der Waals surface area contributed by atoms with Crippen LogP contribution in [0.5, 0.6) is 5.75 Å². The van der Waals surface area contributed by atoms with E-state index < -0.39 is 17.9 Å². The Kier molecular flexibility index (Phi) is 7.74. The Hall–Kier alpha value is -2.57. The molecule has 0 fully saturated rings. The van der Waals surface area contributed by atoms with Gasteiger partial charge in [0, 0.05) is 14.1 Å². The Balaban J connectivity index is 2.82. The van der Waals surface area contributed by atoms with Crippen LogP contribution in [0.15, 0.2) is 24.3 Å². The number of ether oxygens (including phenoxy) is 1. The van der Waals surface area contributed by atoms with E-state index in [0.29, 0.717) is 12.8 Å². The van der Waals surface area contributed by atoms with Crippen molar-refractivity contribution in [1.82, 2.24) is 10.2 Å². The fourth-order valence-corrected chi connectivity index (χ4v) is 1.95. The molecule has 1 aromatic carbocycles. The summed E-state index contributed by atoms with van der Waals surface area (Å²) < 4.78 is 5.41. The van der Waals surface area contributed by atoms with E-state index in [1.54, 1.807) is 32.3 Å². The summed E-state index contributed by atoms with van der Waals surface area (Å²) in [4.78, 5) is 36.6. The van der Waals surface area contributed by atoms with Gasteiger partial charge < -0.3 is 20.1 Å². The molecule has 1 unspecified atom stereocenters. The van der Waals surface area contributed by atoms with E-state index in [-0.39, 0.29) is 23.8 Å². The first-order valence-corrected chi connectivity index (χ1v) is 7.82. The Morgan fingerprint density at radius 2 is 1.92 bits per heavy atom. The molecule has 0 heterocycles. The molecule has 0 saturated carbocycles. The summed E-state index contributed by atoms with van der Waals surface area (Å²) in [5.74, 6) is -1.61. The number of benzene rings is 1. The number of amides is 2. The van der Waals surface area contributed by atoms with E-state index in [1.165, 1.54) is 11.0 Å². The number of carbonyl (C=O) groups excluding carboxylic acids is 2. The molecule has 24 heavy (non-hydrogen) atoms. The fraction of sp³-hybridized carbons (Fsp3) is 0.471. The van der Waals surface area contributed by atoms with Crippen LogP contribution >= 0.6 is 0 Å². The smallest absolute Gasteiger partial charge is 0.326 e. The molecule has 0 aromatic heterocycles. The highest BCUT2D eigenvalue weighted by Crippen LogP contribution is 2.18. The van der Waals surface area contributed by atoms with Gasteiger partial charge in [0.1, 0.15) is 11.8 Å². The first kappa shape index (κ1) is 19.5. The van der Waals surface area contributed by atoms with Crippen LogP contribution in [-0.2, 0) is 9.59 Å². The lowest BCUT2D eigenvalue weighted by molar-refractivity contribution is -0.139. The second-order valence-electron chi connectivity index (χ2n) is 5.58. The highest BCUT2D eigenvalue weighted by molar-refractivity contribution is 5.99. The number of hydrogen-bond donors (Lipinski definition) is 2. The van der Waals surface area contributed by atoms with Crippen LogP contribution in [0, 0.1) is 0 Å². The van der Waals surface area contributed by atoms with Crippen molar-refractivity contribution in [1.29, 1.82) is 0 Å². The van der Waals surface area contributed by atoms with Gasteiger partial charge in [0.05, 0.1) is 5.56 Å². The monoisotopic (exact) mass is 336 g/mol. The molecule has 132 valence electrons. The first-order valence-electron chi connectivity index (χ1n) is 7.82. The molecule has 2 N–H and O–H groups in total. The number of aliphatic carboxylic acids is 1. The summed E-state index contributed by atoms with van der Waals surface area (Å²) in [6.45, 7) is 1.75. The van der Waals surface area contributed by atoms with Gasteiger partial charge in [-0.2, -0.15) is 0 Å². The normalized spacial score (nSPS) is 11.5. The second kappa shape index (κ2) is 9.54. The van der Waals surface area contributed by atoms with Gasteiger partial charge >= 0.3 is 5.97 Å². The molecule has 0 aliphatic carbocycles. The lowest BCUT2D eigenvalue weighted by Gasteiger charge is -2.16. The molecule has 1 aromatic rings. The van der Waals surface area contributed by atoms with Crippen molar-refractivity contribution in [3.8, 4) is 5.75 Å². The third kappa shape index (κ3) is 5.91. The summed E-state index contributed by atoms with van der Waals surface area (Å²) in [7, 11) is 3.21. The molecule has 0 aliphatic rings. The van der Waals surface area contributed by atoms with E-state index in [1.807, 2.05) is 6.92 Å². The van der Waals surface area contributed by atoms with Crippen molar-refractivity contribution in [2.24, 2.45) is 0 Å². The van der Waals surface area contributed by atoms with Crippen molar-refractivity contribution in [3.05, 3.63) is 29.8 Å². The van der Waals surface area contributed by atoms with Crippen LogP contribution < -0.4 is 10.1 Å². The van der Waals surface area contributed by atoms with Crippen molar-refractivity contribution in [2.75, 3.05) is 20.7 Å².